The molecule has 0 aromatic carbocycles. The standard InChI is InChI=1S/C6H13NO3S/c1-7(8)5-6-3-2-4-11(6,9)10/h6,8H,2-5H2,1H3. The first-order valence-electron chi connectivity index (χ1n) is 3.64. The van der Waals surface area contributed by atoms with Gasteiger partial charge in [0.1, 0.15) is 0 Å². The third-order valence-corrected chi connectivity index (χ3v) is 4.19. The van der Waals surface area contributed by atoms with E-state index in [2.05, 4.69) is 0 Å². The molecule has 4 nitrogen and oxygen atoms in total. The van der Waals surface area contributed by atoms with E-state index in [1.165, 1.54) is 7.05 Å². The summed E-state index contributed by atoms with van der Waals surface area (Å²) in [6.07, 6.45) is 1.42. The highest BCUT2D eigenvalue weighted by Crippen LogP contribution is 2.19. The monoisotopic (exact) mass is 179 g/mol. The van der Waals surface area contributed by atoms with E-state index in [1.807, 2.05) is 0 Å². The van der Waals surface area contributed by atoms with Crippen molar-refractivity contribution < 1.29 is 13.6 Å². The van der Waals surface area contributed by atoms with Gasteiger partial charge in [-0.25, -0.2) is 8.42 Å². The summed E-state index contributed by atoms with van der Waals surface area (Å²) in [6, 6.07) is 0. The van der Waals surface area contributed by atoms with Crippen molar-refractivity contribution in [2.75, 3.05) is 19.3 Å². The molecule has 0 radical (unpaired) electrons. The minimum absolute atomic E-state index is 0.238. The Morgan fingerprint density at radius 1 is 1.64 bits per heavy atom. The lowest BCUT2D eigenvalue weighted by Gasteiger charge is -2.12. The number of nitrogens with zero attached hydrogens (tertiary/aromatic N) is 1. The number of hydrogen-bond acceptors (Lipinski definition) is 4. The zero-order chi connectivity index (χ0) is 8.48. The molecule has 0 amide bonds. The molecule has 0 spiro atoms. The van der Waals surface area contributed by atoms with E-state index in [0.29, 0.717) is 6.42 Å². The first-order valence-corrected chi connectivity index (χ1v) is 5.35. The topological polar surface area (TPSA) is 57.6 Å². The average Bonchev–Trinajstić information content (AvgIpc) is 2.10. The van der Waals surface area contributed by atoms with Crippen molar-refractivity contribution in [3.8, 4) is 0 Å². The van der Waals surface area contributed by atoms with Crippen LogP contribution in [0.4, 0.5) is 0 Å². The Labute approximate surface area is 66.7 Å². The fourth-order valence-corrected chi connectivity index (χ4v) is 3.23. The molecular weight excluding hydrogens is 166 g/mol. The number of hydroxylamine groups is 2. The van der Waals surface area contributed by atoms with Crippen LogP contribution in [-0.2, 0) is 9.84 Å². The van der Waals surface area contributed by atoms with E-state index in [0.717, 1.165) is 11.5 Å². The van der Waals surface area contributed by atoms with Crippen LogP contribution in [0.5, 0.6) is 0 Å². The van der Waals surface area contributed by atoms with Gasteiger partial charge in [-0.05, 0) is 12.8 Å². The third-order valence-electron chi connectivity index (χ3n) is 1.93. The largest absolute Gasteiger partial charge is 0.314 e. The molecule has 0 aromatic heterocycles. The molecule has 0 aromatic rings. The van der Waals surface area contributed by atoms with Crippen molar-refractivity contribution in [2.45, 2.75) is 18.1 Å². The molecule has 1 atom stereocenters. The second kappa shape index (κ2) is 3.08. The Kier molecular flexibility index (Phi) is 2.51. The normalized spacial score (nSPS) is 29.5. The highest BCUT2D eigenvalue weighted by atomic mass is 32.2. The fraction of sp³-hybridized carbons (Fsp3) is 1.00. The van der Waals surface area contributed by atoms with Crippen LogP contribution < -0.4 is 0 Å². The predicted molar refractivity (Wildman–Crippen MR) is 41.2 cm³/mol. The summed E-state index contributed by atoms with van der Waals surface area (Å²) in [5.41, 5.74) is 0. The van der Waals surface area contributed by atoms with Crippen molar-refractivity contribution in [2.24, 2.45) is 0 Å². The lowest BCUT2D eigenvalue weighted by atomic mass is 10.2. The minimum atomic E-state index is -2.88. The van der Waals surface area contributed by atoms with E-state index < -0.39 is 9.84 Å². The molecule has 66 valence electrons. The second-order valence-electron chi connectivity index (χ2n) is 2.97. The average molecular weight is 179 g/mol. The molecule has 1 heterocycles. The maximum absolute atomic E-state index is 11.2. The predicted octanol–water partition coefficient (Wildman–Crippen LogP) is -0.115. The Hall–Kier alpha value is -0.130. The lowest BCUT2D eigenvalue weighted by Crippen LogP contribution is -2.29. The Morgan fingerprint density at radius 3 is 2.64 bits per heavy atom. The molecule has 1 saturated heterocycles. The van der Waals surface area contributed by atoms with Crippen LogP contribution in [-0.4, -0.2) is 43.3 Å². The van der Waals surface area contributed by atoms with Crippen LogP contribution in [0.1, 0.15) is 12.8 Å². The summed E-state index contributed by atoms with van der Waals surface area (Å²) < 4.78 is 22.3. The van der Waals surface area contributed by atoms with Gasteiger partial charge in [0.2, 0.25) is 0 Å². The van der Waals surface area contributed by atoms with Gasteiger partial charge in [0, 0.05) is 13.6 Å². The van der Waals surface area contributed by atoms with Gasteiger partial charge in [-0.15, -0.1) is 0 Å². The van der Waals surface area contributed by atoms with Gasteiger partial charge >= 0.3 is 0 Å². The van der Waals surface area contributed by atoms with Gasteiger partial charge in [0.05, 0.1) is 11.0 Å². The molecule has 1 unspecified atom stereocenters. The van der Waals surface area contributed by atoms with Gasteiger partial charge < -0.3 is 5.21 Å². The molecular formula is C6H13NO3S. The summed E-state index contributed by atoms with van der Waals surface area (Å²) in [5, 5.41) is 9.40. The smallest absolute Gasteiger partial charge is 0.154 e. The van der Waals surface area contributed by atoms with Gasteiger partial charge in [-0.1, -0.05) is 0 Å². The number of rotatable bonds is 2. The first-order chi connectivity index (χ1) is 5.02. The van der Waals surface area contributed by atoms with Gasteiger partial charge in [0.15, 0.2) is 9.84 Å². The van der Waals surface area contributed by atoms with Crippen molar-refractivity contribution in [3.05, 3.63) is 0 Å². The van der Waals surface area contributed by atoms with E-state index in [-0.39, 0.29) is 17.5 Å². The van der Waals surface area contributed by atoms with E-state index in [1.54, 1.807) is 0 Å². The van der Waals surface area contributed by atoms with Crippen LogP contribution in [0.15, 0.2) is 0 Å². The molecule has 0 aliphatic carbocycles. The number of sulfone groups is 1. The van der Waals surface area contributed by atoms with Gasteiger partial charge in [-0.3, -0.25) is 0 Å². The van der Waals surface area contributed by atoms with E-state index in [9.17, 15) is 8.42 Å². The fourth-order valence-electron chi connectivity index (χ4n) is 1.36. The Bertz CT molecular complexity index is 222. The van der Waals surface area contributed by atoms with Gasteiger partial charge in [0.25, 0.3) is 0 Å². The maximum Gasteiger partial charge on any atom is 0.154 e. The van der Waals surface area contributed by atoms with E-state index in [4.69, 9.17) is 5.21 Å². The molecule has 1 rings (SSSR count). The summed E-state index contributed by atoms with van der Waals surface area (Å²) in [5.74, 6) is 0.283. The molecule has 0 saturated carbocycles. The van der Waals surface area contributed by atoms with Crippen molar-refractivity contribution in [1.82, 2.24) is 5.06 Å². The number of hydrogen-bond donors (Lipinski definition) is 1. The van der Waals surface area contributed by atoms with Crippen molar-refractivity contribution >= 4 is 9.84 Å². The van der Waals surface area contributed by atoms with Crippen LogP contribution >= 0.6 is 0 Å². The zero-order valence-electron chi connectivity index (χ0n) is 6.52. The van der Waals surface area contributed by atoms with Gasteiger partial charge in [-0.2, -0.15) is 5.06 Å². The molecule has 1 aliphatic heterocycles. The van der Waals surface area contributed by atoms with Crippen LogP contribution in [0, 0.1) is 0 Å². The van der Waals surface area contributed by atoms with E-state index >= 15 is 0 Å². The molecule has 5 heteroatoms. The van der Waals surface area contributed by atoms with Crippen LogP contribution in [0.25, 0.3) is 0 Å². The summed E-state index contributed by atoms with van der Waals surface area (Å²) in [6.45, 7) is 0.238. The molecule has 11 heavy (non-hydrogen) atoms. The third kappa shape index (κ3) is 2.15. The Morgan fingerprint density at radius 2 is 2.27 bits per heavy atom. The molecule has 1 N–H and O–H groups in total. The highest BCUT2D eigenvalue weighted by Gasteiger charge is 2.31. The quantitative estimate of drug-likeness (QED) is 0.601. The van der Waals surface area contributed by atoms with Crippen LogP contribution in [0.2, 0.25) is 0 Å². The summed E-state index contributed by atoms with van der Waals surface area (Å²) in [7, 11) is -1.42. The maximum atomic E-state index is 11.2. The zero-order valence-corrected chi connectivity index (χ0v) is 7.34. The Balaban J connectivity index is 2.59. The second-order valence-corrected chi connectivity index (χ2v) is 5.37. The van der Waals surface area contributed by atoms with Crippen molar-refractivity contribution in [1.29, 1.82) is 0 Å². The minimum Gasteiger partial charge on any atom is -0.314 e. The highest BCUT2D eigenvalue weighted by molar-refractivity contribution is 7.92. The summed E-state index contributed by atoms with van der Waals surface area (Å²) in [4.78, 5) is 0. The van der Waals surface area contributed by atoms with Crippen molar-refractivity contribution in [3.63, 3.8) is 0 Å². The lowest BCUT2D eigenvalue weighted by molar-refractivity contribution is -0.0642. The SMILES string of the molecule is CN(O)CC1CCCS1(=O)=O. The first kappa shape index (κ1) is 8.96. The molecule has 1 fully saturated rings. The molecule has 1 aliphatic rings. The van der Waals surface area contributed by atoms with Crippen LogP contribution in [0.3, 0.4) is 0 Å². The summed E-state index contributed by atoms with van der Waals surface area (Å²) >= 11 is 0. The molecule has 0 bridgehead atoms.